The Morgan fingerprint density at radius 2 is 1.83 bits per heavy atom. The summed E-state index contributed by atoms with van der Waals surface area (Å²) in [6.07, 6.45) is 3.46. The molecule has 1 aromatic heterocycles. The number of carbonyl (C=O) groups is 1. The SMILES string of the molecule is Cc1noc(CN2CCN(C(=O)N3[C@H](C)CCC[C@H]3C)CC2)n1. The molecule has 2 fully saturated rings. The molecule has 0 aliphatic carbocycles. The van der Waals surface area contributed by atoms with Crippen molar-refractivity contribution in [2.24, 2.45) is 0 Å². The van der Waals surface area contributed by atoms with E-state index in [1.54, 1.807) is 0 Å². The number of hydrogen-bond donors (Lipinski definition) is 0. The highest BCUT2D eigenvalue weighted by atomic mass is 16.5. The molecule has 2 aliphatic heterocycles. The number of hydrogen-bond acceptors (Lipinski definition) is 5. The number of piperazine rings is 1. The standard InChI is InChI=1S/C16H27N5O2/c1-12-5-4-6-13(2)21(12)16(22)20-9-7-19(8-10-20)11-15-17-14(3)18-23-15/h12-13H,4-11H2,1-3H3/t12-,13-/m1/s1. The number of aryl methyl sites for hydroxylation is 1. The lowest BCUT2D eigenvalue weighted by Gasteiger charge is -2.43. The van der Waals surface area contributed by atoms with E-state index in [2.05, 4.69) is 33.8 Å². The van der Waals surface area contributed by atoms with Crippen LogP contribution in [0.25, 0.3) is 0 Å². The van der Waals surface area contributed by atoms with Crippen molar-refractivity contribution >= 4 is 6.03 Å². The second-order valence-corrected chi connectivity index (χ2v) is 6.82. The lowest BCUT2D eigenvalue weighted by molar-refractivity contribution is 0.0694. The maximum atomic E-state index is 12.8. The zero-order valence-electron chi connectivity index (χ0n) is 14.4. The van der Waals surface area contributed by atoms with Gasteiger partial charge in [0.25, 0.3) is 0 Å². The minimum Gasteiger partial charge on any atom is -0.338 e. The number of urea groups is 1. The van der Waals surface area contributed by atoms with E-state index >= 15 is 0 Å². The van der Waals surface area contributed by atoms with Crippen LogP contribution in [0.2, 0.25) is 0 Å². The van der Waals surface area contributed by atoms with Gasteiger partial charge in [0.15, 0.2) is 5.82 Å². The fourth-order valence-corrected chi connectivity index (χ4v) is 3.65. The van der Waals surface area contributed by atoms with E-state index in [1.807, 2.05) is 11.8 Å². The second-order valence-electron chi connectivity index (χ2n) is 6.82. The Bertz CT molecular complexity index is 528. The molecule has 3 rings (SSSR count). The predicted octanol–water partition coefficient (Wildman–Crippen LogP) is 1.88. The van der Waals surface area contributed by atoms with Crippen LogP contribution in [0, 0.1) is 6.92 Å². The average molecular weight is 321 g/mol. The molecular weight excluding hydrogens is 294 g/mol. The molecule has 1 aromatic rings. The summed E-state index contributed by atoms with van der Waals surface area (Å²) < 4.78 is 5.17. The molecule has 2 atom stereocenters. The van der Waals surface area contributed by atoms with Crippen LogP contribution >= 0.6 is 0 Å². The fourth-order valence-electron chi connectivity index (χ4n) is 3.65. The highest BCUT2D eigenvalue weighted by molar-refractivity contribution is 5.75. The normalized spacial score (nSPS) is 26.6. The van der Waals surface area contributed by atoms with E-state index in [4.69, 9.17) is 4.52 Å². The molecule has 7 heteroatoms. The Hall–Kier alpha value is -1.63. The van der Waals surface area contributed by atoms with Crippen molar-refractivity contribution in [2.45, 2.75) is 58.7 Å². The van der Waals surface area contributed by atoms with Gasteiger partial charge in [-0.25, -0.2) is 4.79 Å². The van der Waals surface area contributed by atoms with Crippen molar-refractivity contribution in [3.05, 3.63) is 11.7 Å². The Labute approximate surface area is 137 Å². The number of amides is 2. The minimum atomic E-state index is 0.206. The van der Waals surface area contributed by atoms with Gasteiger partial charge < -0.3 is 14.3 Å². The lowest BCUT2D eigenvalue weighted by Crippen LogP contribution is -2.57. The summed E-state index contributed by atoms with van der Waals surface area (Å²) in [5.41, 5.74) is 0. The van der Waals surface area contributed by atoms with Crippen LogP contribution < -0.4 is 0 Å². The summed E-state index contributed by atoms with van der Waals surface area (Å²) in [5.74, 6) is 1.32. The molecule has 0 unspecified atom stereocenters. The van der Waals surface area contributed by atoms with Crippen molar-refractivity contribution < 1.29 is 9.32 Å². The molecule has 7 nitrogen and oxygen atoms in total. The Morgan fingerprint density at radius 1 is 1.17 bits per heavy atom. The van der Waals surface area contributed by atoms with Gasteiger partial charge in [0.05, 0.1) is 6.54 Å². The summed E-state index contributed by atoms with van der Waals surface area (Å²) in [6, 6.07) is 0.911. The summed E-state index contributed by atoms with van der Waals surface area (Å²) in [6.45, 7) is 10.1. The maximum Gasteiger partial charge on any atom is 0.320 e. The number of piperidine rings is 1. The van der Waals surface area contributed by atoms with Gasteiger partial charge in [-0.15, -0.1) is 0 Å². The van der Waals surface area contributed by atoms with Crippen molar-refractivity contribution in [1.29, 1.82) is 0 Å². The number of rotatable bonds is 2. The number of carbonyl (C=O) groups excluding carboxylic acids is 1. The largest absolute Gasteiger partial charge is 0.338 e. The molecule has 2 amide bonds. The van der Waals surface area contributed by atoms with Gasteiger partial charge in [-0.1, -0.05) is 5.16 Å². The van der Waals surface area contributed by atoms with Gasteiger partial charge in [-0.3, -0.25) is 4.90 Å². The molecule has 0 radical (unpaired) electrons. The number of nitrogens with zero attached hydrogens (tertiary/aromatic N) is 5. The monoisotopic (exact) mass is 321 g/mol. The van der Waals surface area contributed by atoms with Crippen LogP contribution in [0.5, 0.6) is 0 Å². The molecule has 0 N–H and O–H groups in total. The van der Waals surface area contributed by atoms with Gasteiger partial charge >= 0.3 is 6.03 Å². The first-order chi connectivity index (χ1) is 11.0. The van der Waals surface area contributed by atoms with Crippen LogP contribution in [0.15, 0.2) is 4.52 Å². The zero-order valence-corrected chi connectivity index (χ0v) is 14.4. The zero-order chi connectivity index (χ0) is 16.4. The first kappa shape index (κ1) is 16.2. The van der Waals surface area contributed by atoms with E-state index in [0.29, 0.717) is 30.3 Å². The van der Waals surface area contributed by atoms with Crippen molar-refractivity contribution in [3.8, 4) is 0 Å². The minimum absolute atomic E-state index is 0.206. The highest BCUT2D eigenvalue weighted by Crippen LogP contribution is 2.24. The van der Waals surface area contributed by atoms with E-state index in [1.165, 1.54) is 6.42 Å². The highest BCUT2D eigenvalue weighted by Gasteiger charge is 2.33. The van der Waals surface area contributed by atoms with Crippen molar-refractivity contribution in [2.75, 3.05) is 26.2 Å². The molecule has 23 heavy (non-hydrogen) atoms. The Kier molecular flexibility index (Phi) is 4.84. The van der Waals surface area contributed by atoms with Crippen LogP contribution in [0.3, 0.4) is 0 Å². The third kappa shape index (κ3) is 3.65. The molecule has 2 aliphatic rings. The van der Waals surface area contributed by atoms with Crippen LogP contribution in [-0.2, 0) is 6.54 Å². The number of aromatic nitrogens is 2. The summed E-state index contributed by atoms with van der Waals surface area (Å²) >= 11 is 0. The second kappa shape index (κ2) is 6.86. The Morgan fingerprint density at radius 3 is 2.39 bits per heavy atom. The molecule has 128 valence electrons. The molecule has 0 aromatic carbocycles. The molecule has 2 saturated heterocycles. The van der Waals surface area contributed by atoms with Gasteiger partial charge in [0, 0.05) is 38.3 Å². The molecular formula is C16H27N5O2. The van der Waals surface area contributed by atoms with Crippen molar-refractivity contribution in [3.63, 3.8) is 0 Å². The summed E-state index contributed by atoms with van der Waals surface area (Å²) in [7, 11) is 0. The topological polar surface area (TPSA) is 65.7 Å². The van der Waals surface area contributed by atoms with Crippen LogP contribution in [0.4, 0.5) is 4.79 Å². The third-order valence-electron chi connectivity index (χ3n) is 4.99. The molecule has 0 spiro atoms. The third-order valence-corrected chi connectivity index (χ3v) is 4.99. The smallest absolute Gasteiger partial charge is 0.320 e. The Balaban J connectivity index is 1.52. The van der Waals surface area contributed by atoms with E-state index in [-0.39, 0.29) is 6.03 Å². The first-order valence-corrected chi connectivity index (χ1v) is 8.63. The summed E-state index contributed by atoms with van der Waals surface area (Å²) in [4.78, 5) is 23.4. The number of likely N-dealkylation sites (tertiary alicyclic amines) is 1. The van der Waals surface area contributed by atoms with Crippen LogP contribution in [-0.4, -0.2) is 69.1 Å². The van der Waals surface area contributed by atoms with Crippen LogP contribution in [0.1, 0.15) is 44.8 Å². The maximum absolute atomic E-state index is 12.8. The fraction of sp³-hybridized carbons (Fsp3) is 0.812. The van der Waals surface area contributed by atoms with Gasteiger partial charge in [-0.2, -0.15) is 4.98 Å². The van der Waals surface area contributed by atoms with Gasteiger partial charge in [-0.05, 0) is 40.0 Å². The summed E-state index contributed by atoms with van der Waals surface area (Å²) in [5, 5.41) is 3.82. The molecule has 0 saturated carbocycles. The average Bonchev–Trinajstić information content (AvgIpc) is 2.93. The van der Waals surface area contributed by atoms with Gasteiger partial charge in [0.1, 0.15) is 0 Å². The molecule has 0 bridgehead atoms. The van der Waals surface area contributed by atoms with E-state index in [0.717, 1.165) is 39.0 Å². The quantitative estimate of drug-likeness (QED) is 0.832. The van der Waals surface area contributed by atoms with E-state index < -0.39 is 0 Å². The van der Waals surface area contributed by atoms with Gasteiger partial charge in [0.2, 0.25) is 5.89 Å². The van der Waals surface area contributed by atoms with Crippen molar-refractivity contribution in [1.82, 2.24) is 24.8 Å². The first-order valence-electron chi connectivity index (χ1n) is 8.63. The molecule has 3 heterocycles. The predicted molar refractivity (Wildman–Crippen MR) is 85.9 cm³/mol. The lowest BCUT2D eigenvalue weighted by atomic mass is 9.98. The van der Waals surface area contributed by atoms with E-state index in [9.17, 15) is 4.79 Å².